The number of nitrogens with one attached hydrogen (secondary N) is 1. The van der Waals surface area contributed by atoms with Gasteiger partial charge in [0.1, 0.15) is 17.3 Å². The lowest BCUT2D eigenvalue weighted by Crippen LogP contribution is -2.35. The first-order chi connectivity index (χ1) is 11.1. The minimum absolute atomic E-state index is 0.121. The maximum atomic E-state index is 13.4. The largest absolute Gasteiger partial charge is 0.493 e. The third-order valence-corrected chi connectivity index (χ3v) is 3.78. The van der Waals surface area contributed by atoms with Crippen molar-refractivity contribution in [1.82, 2.24) is 5.32 Å². The highest BCUT2D eigenvalue weighted by atomic mass is 35.5. The quantitative estimate of drug-likeness (QED) is 0.930. The average Bonchev–Trinajstić information content (AvgIpc) is 2.55. The van der Waals surface area contributed by atoms with Crippen LogP contribution < -0.4 is 14.8 Å². The number of benzene rings is 2. The molecular weight excluding hydrogens is 321 g/mol. The van der Waals surface area contributed by atoms with Gasteiger partial charge in [0.15, 0.2) is 6.61 Å². The Morgan fingerprint density at radius 2 is 2.09 bits per heavy atom. The second-order valence-corrected chi connectivity index (χ2v) is 5.62. The highest BCUT2D eigenvalue weighted by molar-refractivity contribution is 6.30. The zero-order valence-electron chi connectivity index (χ0n) is 12.2. The summed E-state index contributed by atoms with van der Waals surface area (Å²) in [6, 6.07) is 10.8. The number of amides is 1. The molecule has 23 heavy (non-hydrogen) atoms. The number of hydrogen-bond acceptors (Lipinski definition) is 3. The molecule has 1 unspecified atom stereocenters. The molecule has 0 aliphatic carbocycles. The van der Waals surface area contributed by atoms with Gasteiger partial charge < -0.3 is 14.8 Å². The molecule has 3 rings (SSSR count). The first-order valence-corrected chi connectivity index (χ1v) is 7.59. The van der Waals surface area contributed by atoms with Crippen molar-refractivity contribution in [3.8, 4) is 11.5 Å². The molecule has 2 aromatic carbocycles. The van der Waals surface area contributed by atoms with E-state index in [0.717, 1.165) is 0 Å². The number of carbonyl (C=O) groups is 1. The van der Waals surface area contributed by atoms with Gasteiger partial charge in [-0.3, -0.25) is 4.79 Å². The van der Waals surface area contributed by atoms with E-state index in [-0.39, 0.29) is 24.4 Å². The highest BCUT2D eigenvalue weighted by Gasteiger charge is 2.23. The third-order valence-electron chi connectivity index (χ3n) is 3.53. The Hall–Kier alpha value is -2.27. The van der Waals surface area contributed by atoms with Crippen LogP contribution >= 0.6 is 11.6 Å². The number of fused-ring (bicyclic) bond motifs is 1. The van der Waals surface area contributed by atoms with Gasteiger partial charge in [0.05, 0.1) is 12.6 Å². The summed E-state index contributed by atoms with van der Waals surface area (Å²) in [6.45, 7) is 0.352. The molecular formula is C17H15ClFNO3. The maximum absolute atomic E-state index is 13.4. The zero-order valence-corrected chi connectivity index (χ0v) is 13.0. The van der Waals surface area contributed by atoms with Gasteiger partial charge in [0, 0.05) is 17.0 Å². The predicted molar refractivity (Wildman–Crippen MR) is 84.3 cm³/mol. The molecule has 0 radical (unpaired) electrons. The first-order valence-electron chi connectivity index (χ1n) is 7.22. The Balaban J connectivity index is 1.60. The molecule has 0 saturated carbocycles. The zero-order chi connectivity index (χ0) is 16.2. The average molecular weight is 336 g/mol. The van der Waals surface area contributed by atoms with Gasteiger partial charge >= 0.3 is 0 Å². The van der Waals surface area contributed by atoms with E-state index in [1.165, 1.54) is 12.1 Å². The number of rotatable bonds is 4. The van der Waals surface area contributed by atoms with Crippen LogP contribution in [-0.2, 0) is 4.79 Å². The maximum Gasteiger partial charge on any atom is 0.258 e. The van der Waals surface area contributed by atoms with E-state index < -0.39 is 0 Å². The summed E-state index contributed by atoms with van der Waals surface area (Å²) in [6.07, 6.45) is 0.586. The van der Waals surface area contributed by atoms with Gasteiger partial charge in [-0.2, -0.15) is 0 Å². The van der Waals surface area contributed by atoms with E-state index in [4.69, 9.17) is 21.1 Å². The van der Waals surface area contributed by atoms with E-state index >= 15 is 0 Å². The molecule has 0 bridgehead atoms. The molecule has 120 valence electrons. The second-order valence-electron chi connectivity index (χ2n) is 5.18. The summed E-state index contributed by atoms with van der Waals surface area (Å²) in [4.78, 5) is 12.0. The molecule has 0 aromatic heterocycles. The highest BCUT2D eigenvalue weighted by Crippen LogP contribution is 2.32. The number of carbonyl (C=O) groups excluding carboxylic acids is 1. The second kappa shape index (κ2) is 6.87. The van der Waals surface area contributed by atoms with E-state index in [9.17, 15) is 9.18 Å². The summed E-state index contributed by atoms with van der Waals surface area (Å²) >= 11 is 5.79. The van der Waals surface area contributed by atoms with Crippen molar-refractivity contribution in [2.24, 2.45) is 0 Å². The van der Waals surface area contributed by atoms with Crippen molar-refractivity contribution in [2.75, 3.05) is 13.2 Å². The van der Waals surface area contributed by atoms with Gasteiger partial charge in [-0.1, -0.05) is 11.6 Å². The van der Waals surface area contributed by atoms with Gasteiger partial charge in [-0.05, 0) is 42.5 Å². The molecule has 0 saturated heterocycles. The summed E-state index contributed by atoms with van der Waals surface area (Å²) in [5.41, 5.74) is 0.649. The van der Waals surface area contributed by atoms with Gasteiger partial charge in [0.25, 0.3) is 5.91 Å². The van der Waals surface area contributed by atoms with Crippen LogP contribution in [0.25, 0.3) is 0 Å². The molecule has 2 aromatic rings. The Labute approximate surface area is 138 Å². The van der Waals surface area contributed by atoms with Crippen LogP contribution in [0.1, 0.15) is 18.0 Å². The van der Waals surface area contributed by atoms with Crippen molar-refractivity contribution < 1.29 is 18.7 Å². The monoisotopic (exact) mass is 335 g/mol. The normalized spacial score (nSPS) is 16.2. The molecule has 1 aliphatic heterocycles. The number of halogens is 2. The van der Waals surface area contributed by atoms with Crippen molar-refractivity contribution >= 4 is 17.5 Å². The van der Waals surface area contributed by atoms with E-state index in [2.05, 4.69) is 5.32 Å². The molecule has 0 spiro atoms. The van der Waals surface area contributed by atoms with Crippen LogP contribution in [0.5, 0.6) is 11.5 Å². The summed E-state index contributed by atoms with van der Waals surface area (Å²) < 4.78 is 24.3. The van der Waals surface area contributed by atoms with Crippen LogP contribution in [0.3, 0.4) is 0 Å². The minimum atomic E-state index is -0.356. The molecule has 6 heteroatoms. The lowest BCUT2D eigenvalue weighted by molar-refractivity contribution is -0.124. The Bertz CT molecular complexity index is 705. The van der Waals surface area contributed by atoms with Crippen LogP contribution in [0, 0.1) is 5.82 Å². The smallest absolute Gasteiger partial charge is 0.258 e. The molecule has 4 nitrogen and oxygen atoms in total. The Morgan fingerprint density at radius 1 is 1.30 bits per heavy atom. The van der Waals surface area contributed by atoms with E-state index in [1.54, 1.807) is 30.3 Å². The van der Waals surface area contributed by atoms with Crippen LogP contribution in [0.15, 0.2) is 42.5 Å². The summed E-state index contributed by atoms with van der Waals surface area (Å²) in [5, 5.41) is 3.45. The Kier molecular flexibility index (Phi) is 4.67. The number of hydrogen-bond donors (Lipinski definition) is 1. The fourth-order valence-electron chi connectivity index (χ4n) is 2.43. The Morgan fingerprint density at radius 3 is 2.87 bits per heavy atom. The van der Waals surface area contributed by atoms with Crippen molar-refractivity contribution in [3.05, 3.63) is 58.9 Å². The van der Waals surface area contributed by atoms with Crippen molar-refractivity contribution in [2.45, 2.75) is 12.5 Å². The molecule has 1 amide bonds. The van der Waals surface area contributed by atoms with Crippen molar-refractivity contribution in [1.29, 1.82) is 0 Å². The van der Waals surface area contributed by atoms with Gasteiger partial charge in [0.2, 0.25) is 0 Å². The number of ether oxygens (including phenoxy) is 2. The predicted octanol–water partition coefficient (Wildman–Crippen LogP) is 3.50. The van der Waals surface area contributed by atoms with E-state index in [1.807, 2.05) is 0 Å². The first kappa shape index (κ1) is 15.6. The van der Waals surface area contributed by atoms with Crippen LogP contribution in [0.4, 0.5) is 4.39 Å². The molecule has 1 aliphatic rings. The molecule has 1 heterocycles. The standard InChI is InChI=1S/C17H15ClFNO3/c18-11-1-4-13(5-2-11)23-10-17(21)20-15-7-8-22-16-6-3-12(19)9-14(15)16/h1-6,9,15H,7-8,10H2,(H,20,21). The van der Waals surface area contributed by atoms with Crippen LogP contribution in [-0.4, -0.2) is 19.1 Å². The summed E-state index contributed by atoms with van der Waals surface area (Å²) in [5.74, 6) is 0.525. The topological polar surface area (TPSA) is 47.6 Å². The lowest BCUT2D eigenvalue weighted by Gasteiger charge is -2.26. The molecule has 1 N–H and O–H groups in total. The van der Waals surface area contributed by atoms with Gasteiger partial charge in [-0.25, -0.2) is 4.39 Å². The molecule has 0 fully saturated rings. The fraction of sp³-hybridized carbons (Fsp3) is 0.235. The fourth-order valence-corrected chi connectivity index (χ4v) is 2.56. The van der Waals surface area contributed by atoms with Crippen LogP contribution in [0.2, 0.25) is 5.02 Å². The summed E-state index contributed by atoms with van der Waals surface area (Å²) in [7, 11) is 0. The van der Waals surface area contributed by atoms with Crippen molar-refractivity contribution in [3.63, 3.8) is 0 Å². The minimum Gasteiger partial charge on any atom is -0.493 e. The SMILES string of the molecule is O=C(COc1ccc(Cl)cc1)NC1CCOc2ccc(F)cc21. The van der Waals surface area contributed by atoms with Gasteiger partial charge in [-0.15, -0.1) is 0 Å². The molecule has 1 atom stereocenters. The lowest BCUT2D eigenvalue weighted by atomic mass is 10.0. The third kappa shape index (κ3) is 3.93. The van der Waals surface area contributed by atoms with E-state index in [0.29, 0.717) is 35.1 Å².